The Morgan fingerprint density at radius 3 is 2.42 bits per heavy atom. The highest BCUT2D eigenvalue weighted by Gasteiger charge is 2.33. The molecule has 0 aliphatic rings. The summed E-state index contributed by atoms with van der Waals surface area (Å²) in [7, 11) is -0.888. The van der Waals surface area contributed by atoms with Crippen LogP contribution in [-0.2, 0) is 34.8 Å². The molecule has 0 amide bonds. The molecule has 0 saturated carbocycles. The Kier molecular flexibility index (Phi) is 8.87. The molecule has 13 heteroatoms. The Bertz CT molecular complexity index is 1120. The van der Waals surface area contributed by atoms with E-state index in [0.29, 0.717) is 33.3 Å². The van der Waals surface area contributed by atoms with Gasteiger partial charge in [-0.25, -0.2) is 9.97 Å². The molecule has 2 unspecified atom stereocenters. The highest BCUT2D eigenvalue weighted by atomic mass is 32.2. The largest absolute Gasteiger partial charge is 0.480 e. The molecular weight excluding hydrogens is 459 g/mol. The lowest BCUT2D eigenvalue weighted by atomic mass is 10.2. The van der Waals surface area contributed by atoms with Gasteiger partial charge in [0, 0.05) is 24.6 Å². The molecule has 3 aromatic rings. The molecule has 0 aliphatic carbocycles. The second-order valence-electron chi connectivity index (χ2n) is 6.18. The molecule has 0 aliphatic heterocycles. The predicted molar refractivity (Wildman–Crippen MR) is 113 cm³/mol. The van der Waals surface area contributed by atoms with Crippen molar-refractivity contribution in [3.05, 3.63) is 36.2 Å². The number of rotatable bonds is 6. The first-order valence-corrected chi connectivity index (χ1v) is 11.5. The third-order valence-corrected chi connectivity index (χ3v) is 5.95. The first-order chi connectivity index (χ1) is 13.6. The number of ether oxygens (including phenoxy) is 1. The summed E-state index contributed by atoms with van der Waals surface area (Å²) in [4.78, 5) is 8.26. The normalized spacial score (nSPS) is 13.2. The maximum Gasteiger partial charge on any atom is 0.433 e. The molecule has 4 N–H and O–H groups in total. The number of fused-ring (bicyclic) bond motifs is 1. The molecule has 31 heavy (non-hydrogen) atoms. The van der Waals surface area contributed by atoms with Crippen molar-refractivity contribution in [3.8, 4) is 17.1 Å². The Balaban J connectivity index is 0.00000240. The molecule has 0 saturated heterocycles. The van der Waals surface area contributed by atoms with Gasteiger partial charge in [-0.05, 0) is 24.3 Å². The van der Waals surface area contributed by atoms with Gasteiger partial charge in [0.1, 0.15) is 17.3 Å². The average Bonchev–Trinajstić information content (AvgIpc) is 3.00. The van der Waals surface area contributed by atoms with E-state index in [1.54, 1.807) is 36.7 Å². The molecule has 0 fully saturated rings. The first kappa shape index (κ1) is 26.7. The van der Waals surface area contributed by atoms with Gasteiger partial charge < -0.3 is 20.3 Å². The van der Waals surface area contributed by atoms with Crippen LogP contribution in [0.4, 0.5) is 13.2 Å². The number of benzene rings is 1. The predicted octanol–water partition coefficient (Wildman–Crippen LogP) is 1.85. The van der Waals surface area contributed by atoms with Crippen molar-refractivity contribution >= 4 is 32.6 Å². The zero-order valence-corrected chi connectivity index (χ0v) is 18.5. The summed E-state index contributed by atoms with van der Waals surface area (Å²) >= 11 is 0. The van der Waals surface area contributed by atoms with E-state index in [2.05, 4.69) is 9.97 Å². The molecular formula is C18H22F3N3O5S2. The third kappa shape index (κ3) is 5.67. The molecule has 172 valence electrons. The second kappa shape index (κ2) is 10.3. The van der Waals surface area contributed by atoms with E-state index in [1.807, 2.05) is 0 Å². The van der Waals surface area contributed by atoms with Gasteiger partial charge in [0.15, 0.2) is 5.94 Å². The van der Waals surface area contributed by atoms with Crippen molar-refractivity contribution in [1.82, 2.24) is 14.5 Å². The van der Waals surface area contributed by atoms with Gasteiger partial charge in [-0.2, -0.15) is 13.2 Å². The van der Waals surface area contributed by atoms with Crippen molar-refractivity contribution < 1.29 is 37.3 Å². The van der Waals surface area contributed by atoms with Crippen LogP contribution in [0.5, 0.6) is 5.75 Å². The van der Waals surface area contributed by atoms with Gasteiger partial charge in [-0.1, -0.05) is 6.92 Å². The number of nitrogens with zero attached hydrogens (tertiary/aromatic N) is 3. The molecule has 0 radical (unpaired) electrons. The fourth-order valence-corrected chi connectivity index (χ4v) is 4.02. The lowest BCUT2D eigenvalue weighted by Gasteiger charge is -2.12. The molecule has 1 aromatic carbocycles. The summed E-state index contributed by atoms with van der Waals surface area (Å²) in [6, 6.07) is 5.75. The van der Waals surface area contributed by atoms with Gasteiger partial charge in [0.05, 0.1) is 43.7 Å². The molecule has 2 heterocycles. The minimum atomic E-state index is -4.57. The van der Waals surface area contributed by atoms with Gasteiger partial charge in [0.2, 0.25) is 0 Å². The summed E-state index contributed by atoms with van der Waals surface area (Å²) in [5.41, 5.74) is 0.0495. The summed E-state index contributed by atoms with van der Waals surface area (Å²) in [5, 5.41) is 0. The minimum Gasteiger partial charge on any atom is -0.480 e. The Morgan fingerprint density at radius 2 is 1.84 bits per heavy atom. The number of aromatic nitrogens is 3. The lowest BCUT2D eigenvalue weighted by molar-refractivity contribution is -0.141. The number of pyridine rings is 1. The summed E-state index contributed by atoms with van der Waals surface area (Å²) in [5.74, 6) is 1.10. The Labute approximate surface area is 181 Å². The smallest absolute Gasteiger partial charge is 0.433 e. The number of alkyl halides is 3. The second-order valence-corrected chi connectivity index (χ2v) is 9.27. The van der Waals surface area contributed by atoms with Crippen LogP contribution >= 0.6 is 0 Å². The molecule has 3 rings (SSSR count). The van der Waals surface area contributed by atoms with Crippen LogP contribution in [0.2, 0.25) is 0 Å². The minimum absolute atomic E-state index is 0. The molecule has 0 spiro atoms. The van der Waals surface area contributed by atoms with Crippen LogP contribution in [-0.4, -0.2) is 51.9 Å². The van der Waals surface area contributed by atoms with E-state index >= 15 is 0 Å². The number of imidazole rings is 1. The number of aryl methyl sites for hydroxylation is 1. The highest BCUT2D eigenvalue weighted by molar-refractivity contribution is 7.85. The van der Waals surface area contributed by atoms with E-state index in [1.165, 1.54) is 6.26 Å². The van der Waals surface area contributed by atoms with Crippen molar-refractivity contribution in [2.75, 3.05) is 17.9 Å². The first-order valence-electron chi connectivity index (χ1n) is 8.47. The van der Waals surface area contributed by atoms with Gasteiger partial charge >= 0.3 is 6.18 Å². The summed E-state index contributed by atoms with van der Waals surface area (Å²) in [6.07, 6.45) is -1.94. The standard InChI is InChI=1S/C18H18F3N3O3S2.2H2O/c1-4-29(26)15-7-11(27-10-28(3)25)5-6-12(15)17-23-13-8-16(18(19,20)21)22-9-14(13)24(17)2;;/h5-9H,4,10H2,1-3H3;2*1H2. The molecule has 0 bridgehead atoms. The van der Waals surface area contributed by atoms with E-state index in [-0.39, 0.29) is 22.4 Å². The van der Waals surface area contributed by atoms with Crippen LogP contribution in [0.15, 0.2) is 35.4 Å². The van der Waals surface area contributed by atoms with Crippen LogP contribution in [0, 0.1) is 0 Å². The number of hydrogen-bond donors (Lipinski definition) is 0. The molecule has 2 atom stereocenters. The third-order valence-electron chi connectivity index (χ3n) is 4.15. The Morgan fingerprint density at radius 1 is 1.16 bits per heavy atom. The fraction of sp³-hybridized carbons (Fsp3) is 0.333. The topological polar surface area (TPSA) is 137 Å². The lowest BCUT2D eigenvalue weighted by Crippen LogP contribution is -2.07. The number of halogens is 3. The van der Waals surface area contributed by atoms with Crippen LogP contribution in [0.3, 0.4) is 0 Å². The molecule has 2 aromatic heterocycles. The van der Waals surface area contributed by atoms with Crippen LogP contribution in [0.25, 0.3) is 22.4 Å². The van der Waals surface area contributed by atoms with Crippen molar-refractivity contribution in [3.63, 3.8) is 0 Å². The average molecular weight is 482 g/mol. The summed E-state index contributed by atoms with van der Waals surface area (Å²) < 4.78 is 69.8. The quantitative estimate of drug-likeness (QED) is 0.529. The van der Waals surface area contributed by atoms with Crippen molar-refractivity contribution in [2.45, 2.75) is 18.0 Å². The van der Waals surface area contributed by atoms with E-state index in [0.717, 1.165) is 12.3 Å². The highest BCUT2D eigenvalue weighted by Crippen LogP contribution is 2.33. The van der Waals surface area contributed by atoms with Gasteiger partial charge in [-0.3, -0.25) is 8.42 Å². The van der Waals surface area contributed by atoms with Crippen LogP contribution in [0.1, 0.15) is 12.6 Å². The zero-order chi connectivity index (χ0) is 21.3. The SMILES string of the molecule is CCS(=O)c1cc(OCS(C)=O)ccc1-c1nc2cc(C(F)(F)F)ncc2n1C.O.O. The van der Waals surface area contributed by atoms with E-state index in [4.69, 9.17) is 4.74 Å². The number of hydrogen-bond acceptors (Lipinski definition) is 5. The Hall–Kier alpha value is -2.35. The van der Waals surface area contributed by atoms with E-state index < -0.39 is 33.5 Å². The maximum absolute atomic E-state index is 13.0. The molecule has 8 nitrogen and oxygen atoms in total. The zero-order valence-electron chi connectivity index (χ0n) is 16.8. The van der Waals surface area contributed by atoms with Crippen molar-refractivity contribution in [2.24, 2.45) is 7.05 Å². The monoisotopic (exact) mass is 481 g/mol. The maximum atomic E-state index is 13.0. The van der Waals surface area contributed by atoms with Gasteiger partial charge in [-0.15, -0.1) is 0 Å². The van der Waals surface area contributed by atoms with Crippen molar-refractivity contribution in [1.29, 1.82) is 0 Å². The van der Waals surface area contributed by atoms with Gasteiger partial charge in [0.25, 0.3) is 0 Å². The summed E-state index contributed by atoms with van der Waals surface area (Å²) in [6.45, 7) is 1.75. The van der Waals surface area contributed by atoms with E-state index in [9.17, 15) is 21.6 Å². The van der Waals surface area contributed by atoms with Crippen LogP contribution < -0.4 is 4.74 Å². The fourth-order valence-electron chi connectivity index (χ4n) is 2.76.